The summed E-state index contributed by atoms with van der Waals surface area (Å²) in [6.07, 6.45) is 3.48. The van der Waals surface area contributed by atoms with Crippen LogP contribution in [0.3, 0.4) is 0 Å². The van der Waals surface area contributed by atoms with Crippen molar-refractivity contribution in [1.29, 1.82) is 0 Å². The topological polar surface area (TPSA) is 98.7 Å². The lowest BCUT2D eigenvalue weighted by Gasteiger charge is -2.27. The highest BCUT2D eigenvalue weighted by atomic mass is 16.4. The van der Waals surface area contributed by atoms with Crippen LogP contribution in [0, 0.1) is 11.3 Å². The van der Waals surface area contributed by atoms with E-state index in [2.05, 4.69) is 22.8 Å². The summed E-state index contributed by atoms with van der Waals surface area (Å²) >= 11 is 0. The van der Waals surface area contributed by atoms with E-state index >= 15 is 0 Å². The summed E-state index contributed by atoms with van der Waals surface area (Å²) in [6.45, 7) is 0.496. The Kier molecular flexibility index (Phi) is 5.27. The SMILES string of the molecule is O=C(NCC1(CO)CC1c1ccccc1)NC1CCC(C(=O)O)CC1. The van der Waals surface area contributed by atoms with Crippen LogP contribution >= 0.6 is 0 Å². The number of carboxylic acids is 1. The summed E-state index contributed by atoms with van der Waals surface area (Å²) in [4.78, 5) is 23.1. The smallest absolute Gasteiger partial charge is 0.315 e. The number of urea groups is 1. The Hall–Kier alpha value is -2.08. The van der Waals surface area contributed by atoms with Gasteiger partial charge in [0.05, 0.1) is 12.5 Å². The maximum absolute atomic E-state index is 12.1. The van der Waals surface area contributed by atoms with E-state index in [1.807, 2.05) is 18.2 Å². The first-order chi connectivity index (χ1) is 12.0. The number of aliphatic carboxylic acids is 1. The molecule has 4 N–H and O–H groups in total. The molecule has 0 aliphatic heterocycles. The van der Waals surface area contributed by atoms with Gasteiger partial charge in [-0.3, -0.25) is 4.79 Å². The van der Waals surface area contributed by atoms with E-state index in [9.17, 15) is 14.7 Å². The minimum Gasteiger partial charge on any atom is -0.481 e. The van der Waals surface area contributed by atoms with Crippen molar-refractivity contribution in [3.8, 4) is 0 Å². The average molecular weight is 346 g/mol. The van der Waals surface area contributed by atoms with Crippen molar-refractivity contribution in [3.05, 3.63) is 35.9 Å². The molecule has 1 aromatic rings. The second kappa shape index (κ2) is 7.44. The molecule has 6 nitrogen and oxygen atoms in total. The number of benzene rings is 1. The Morgan fingerprint density at radius 1 is 1.12 bits per heavy atom. The van der Waals surface area contributed by atoms with E-state index in [-0.39, 0.29) is 35.9 Å². The van der Waals surface area contributed by atoms with Gasteiger partial charge in [0.25, 0.3) is 0 Å². The molecule has 0 saturated heterocycles. The number of carbonyl (C=O) groups excluding carboxylic acids is 1. The molecule has 2 amide bonds. The van der Waals surface area contributed by atoms with Crippen molar-refractivity contribution in [2.24, 2.45) is 11.3 Å². The van der Waals surface area contributed by atoms with E-state index in [0.717, 1.165) is 6.42 Å². The Labute approximate surface area is 147 Å². The zero-order chi connectivity index (χ0) is 17.9. The van der Waals surface area contributed by atoms with Gasteiger partial charge in [0.2, 0.25) is 0 Å². The summed E-state index contributed by atoms with van der Waals surface area (Å²) < 4.78 is 0. The molecule has 136 valence electrons. The molecule has 0 radical (unpaired) electrons. The van der Waals surface area contributed by atoms with Crippen LogP contribution in [0.5, 0.6) is 0 Å². The van der Waals surface area contributed by atoms with Crippen molar-refractivity contribution in [3.63, 3.8) is 0 Å². The van der Waals surface area contributed by atoms with Gasteiger partial charge < -0.3 is 20.8 Å². The van der Waals surface area contributed by atoms with Crippen molar-refractivity contribution in [2.45, 2.75) is 44.1 Å². The number of nitrogens with one attached hydrogen (secondary N) is 2. The number of rotatable bonds is 6. The fourth-order valence-electron chi connectivity index (χ4n) is 3.91. The van der Waals surface area contributed by atoms with Gasteiger partial charge in [-0.1, -0.05) is 30.3 Å². The van der Waals surface area contributed by atoms with Gasteiger partial charge in [-0.05, 0) is 43.6 Å². The molecule has 2 unspecified atom stereocenters. The molecule has 3 rings (SSSR count). The number of hydrogen-bond donors (Lipinski definition) is 4. The zero-order valence-electron chi connectivity index (χ0n) is 14.3. The van der Waals surface area contributed by atoms with E-state index in [4.69, 9.17) is 5.11 Å². The number of carboxylic acid groups (broad SMARTS) is 1. The summed E-state index contributed by atoms with van der Waals surface area (Å²) in [5.41, 5.74) is 0.936. The predicted molar refractivity (Wildman–Crippen MR) is 93.2 cm³/mol. The van der Waals surface area contributed by atoms with E-state index in [0.29, 0.717) is 32.2 Å². The van der Waals surface area contributed by atoms with Gasteiger partial charge in [-0.2, -0.15) is 0 Å². The third-order valence-electron chi connectivity index (χ3n) is 5.72. The molecule has 0 aromatic heterocycles. The first-order valence-electron chi connectivity index (χ1n) is 8.97. The lowest BCUT2D eigenvalue weighted by Crippen LogP contribution is -2.46. The molecule has 0 bridgehead atoms. The van der Waals surface area contributed by atoms with Crippen LogP contribution in [0.15, 0.2) is 30.3 Å². The second-order valence-electron chi connectivity index (χ2n) is 7.40. The van der Waals surface area contributed by atoms with Gasteiger partial charge in [-0.25, -0.2) is 4.79 Å². The Balaban J connectivity index is 1.44. The van der Waals surface area contributed by atoms with Crippen molar-refractivity contribution >= 4 is 12.0 Å². The van der Waals surface area contributed by atoms with Crippen molar-refractivity contribution in [1.82, 2.24) is 10.6 Å². The fourth-order valence-corrected chi connectivity index (χ4v) is 3.91. The third kappa shape index (κ3) is 4.12. The quantitative estimate of drug-likeness (QED) is 0.634. The molecule has 0 spiro atoms. The first kappa shape index (κ1) is 17.7. The fraction of sp³-hybridized carbons (Fsp3) is 0.579. The van der Waals surface area contributed by atoms with Crippen LogP contribution in [-0.2, 0) is 4.79 Å². The molecule has 2 aliphatic rings. The number of aliphatic hydroxyl groups excluding tert-OH is 1. The van der Waals surface area contributed by atoms with Gasteiger partial charge in [0, 0.05) is 18.0 Å². The average Bonchev–Trinajstić information content (AvgIpc) is 3.36. The second-order valence-corrected chi connectivity index (χ2v) is 7.40. The Morgan fingerprint density at radius 3 is 2.40 bits per heavy atom. The number of hydrogen-bond acceptors (Lipinski definition) is 3. The summed E-state index contributed by atoms with van der Waals surface area (Å²) in [5.74, 6) is -0.740. The first-order valence-corrected chi connectivity index (χ1v) is 8.97. The lowest BCUT2D eigenvalue weighted by atomic mass is 9.86. The normalized spacial score (nSPS) is 31.2. The zero-order valence-corrected chi connectivity index (χ0v) is 14.3. The molecule has 2 saturated carbocycles. The summed E-state index contributed by atoms with van der Waals surface area (Å²) in [5, 5.41) is 24.6. The molecular formula is C19H26N2O4. The van der Waals surface area contributed by atoms with E-state index in [1.54, 1.807) is 0 Å². The Morgan fingerprint density at radius 2 is 1.80 bits per heavy atom. The predicted octanol–water partition coefficient (Wildman–Crippen LogP) is 2.10. The molecular weight excluding hydrogens is 320 g/mol. The highest BCUT2D eigenvalue weighted by Gasteiger charge is 2.54. The van der Waals surface area contributed by atoms with Gasteiger partial charge in [-0.15, -0.1) is 0 Å². The number of carbonyl (C=O) groups is 2. The van der Waals surface area contributed by atoms with Crippen LogP contribution < -0.4 is 10.6 Å². The molecule has 25 heavy (non-hydrogen) atoms. The van der Waals surface area contributed by atoms with Gasteiger partial charge >= 0.3 is 12.0 Å². The van der Waals surface area contributed by atoms with Crippen LogP contribution in [0.2, 0.25) is 0 Å². The molecule has 0 heterocycles. The summed E-state index contributed by atoms with van der Waals surface area (Å²) in [6, 6.07) is 9.87. The number of aliphatic hydroxyl groups is 1. The molecule has 2 aliphatic carbocycles. The van der Waals surface area contributed by atoms with Crippen LogP contribution in [0.25, 0.3) is 0 Å². The Bertz CT molecular complexity index is 613. The largest absolute Gasteiger partial charge is 0.481 e. The highest BCUT2D eigenvalue weighted by molar-refractivity contribution is 5.74. The maximum Gasteiger partial charge on any atom is 0.315 e. The standard InChI is InChI=1S/C19H26N2O4/c22-12-19(10-16(19)13-4-2-1-3-5-13)11-20-18(25)21-15-8-6-14(7-9-15)17(23)24/h1-5,14-16,22H,6-12H2,(H,23,24)(H2,20,21,25). The molecule has 2 fully saturated rings. The molecule has 2 atom stereocenters. The van der Waals surface area contributed by atoms with Crippen LogP contribution in [0.4, 0.5) is 4.79 Å². The minimum atomic E-state index is -0.742. The van der Waals surface area contributed by atoms with Crippen LogP contribution in [-0.4, -0.2) is 41.4 Å². The minimum absolute atomic E-state index is 0.0322. The van der Waals surface area contributed by atoms with E-state index in [1.165, 1.54) is 5.56 Å². The van der Waals surface area contributed by atoms with Crippen LogP contribution in [0.1, 0.15) is 43.6 Å². The summed E-state index contributed by atoms with van der Waals surface area (Å²) in [7, 11) is 0. The molecule has 6 heteroatoms. The highest BCUT2D eigenvalue weighted by Crippen LogP contribution is 2.58. The number of amides is 2. The lowest BCUT2D eigenvalue weighted by molar-refractivity contribution is -0.142. The molecule has 1 aromatic carbocycles. The van der Waals surface area contributed by atoms with Crippen molar-refractivity contribution < 1.29 is 19.8 Å². The van der Waals surface area contributed by atoms with E-state index < -0.39 is 5.97 Å². The monoisotopic (exact) mass is 346 g/mol. The maximum atomic E-state index is 12.1. The van der Waals surface area contributed by atoms with Gasteiger partial charge in [0.15, 0.2) is 0 Å². The third-order valence-corrected chi connectivity index (χ3v) is 5.72. The van der Waals surface area contributed by atoms with Gasteiger partial charge in [0.1, 0.15) is 0 Å². The van der Waals surface area contributed by atoms with Crippen molar-refractivity contribution in [2.75, 3.05) is 13.2 Å².